The van der Waals surface area contributed by atoms with Crippen LogP contribution in [0.5, 0.6) is 0 Å². The second kappa shape index (κ2) is 6.06. The first-order valence-corrected chi connectivity index (χ1v) is 6.45. The summed E-state index contributed by atoms with van der Waals surface area (Å²) in [5, 5.41) is 12.8. The van der Waals surface area contributed by atoms with Crippen molar-refractivity contribution in [3.05, 3.63) is 29.8 Å². The molecule has 0 aliphatic heterocycles. The smallest absolute Gasteiger partial charge is 0.225 e. The Kier molecular flexibility index (Phi) is 4.95. The number of rotatable bonds is 4. The average Bonchev–Trinajstić information content (AvgIpc) is 2.34. The Hall–Kier alpha value is -1.55. The number of amides is 1. The highest BCUT2D eigenvalue weighted by molar-refractivity contribution is 5.81. The van der Waals surface area contributed by atoms with Gasteiger partial charge in [-0.25, -0.2) is 0 Å². The quantitative estimate of drug-likeness (QED) is 0.874. The summed E-state index contributed by atoms with van der Waals surface area (Å²) in [6.45, 7) is 5.78. The number of aliphatic hydroxyl groups is 1. The van der Waals surface area contributed by atoms with Crippen LogP contribution in [-0.4, -0.2) is 31.7 Å². The molecular weight excluding hydrogens is 240 g/mol. The highest BCUT2D eigenvalue weighted by Gasteiger charge is 2.21. The van der Waals surface area contributed by atoms with Gasteiger partial charge in [-0.05, 0) is 17.7 Å². The standard InChI is InChI=1S/C15H24N2O2/c1-15(2,3)14(19)16-10-13(18)11-6-8-12(9-7-11)17(4)5/h6-9,13,18H,10H2,1-5H3,(H,16,19). The molecule has 1 aromatic carbocycles. The molecule has 4 nitrogen and oxygen atoms in total. The monoisotopic (exact) mass is 264 g/mol. The van der Waals surface area contributed by atoms with Crippen molar-refractivity contribution < 1.29 is 9.90 Å². The van der Waals surface area contributed by atoms with Crippen LogP contribution in [0.3, 0.4) is 0 Å². The van der Waals surface area contributed by atoms with Gasteiger partial charge in [-0.3, -0.25) is 4.79 Å². The van der Waals surface area contributed by atoms with Crippen molar-refractivity contribution in [3.63, 3.8) is 0 Å². The Balaban J connectivity index is 2.59. The zero-order valence-corrected chi connectivity index (χ0v) is 12.4. The fourth-order valence-corrected chi connectivity index (χ4v) is 1.57. The van der Waals surface area contributed by atoms with Crippen molar-refractivity contribution in [3.8, 4) is 0 Å². The van der Waals surface area contributed by atoms with Crippen molar-refractivity contribution in [1.29, 1.82) is 0 Å². The summed E-state index contributed by atoms with van der Waals surface area (Å²) in [4.78, 5) is 13.7. The summed E-state index contributed by atoms with van der Waals surface area (Å²) in [5.74, 6) is -0.0588. The molecule has 0 saturated heterocycles. The van der Waals surface area contributed by atoms with E-state index in [1.807, 2.05) is 64.0 Å². The molecule has 0 bridgehead atoms. The van der Waals surface area contributed by atoms with E-state index in [-0.39, 0.29) is 12.5 Å². The normalized spacial score (nSPS) is 12.9. The number of nitrogens with one attached hydrogen (secondary N) is 1. The Morgan fingerprint density at radius 3 is 2.21 bits per heavy atom. The summed E-state index contributed by atoms with van der Waals surface area (Å²) in [7, 11) is 3.93. The van der Waals surface area contributed by atoms with Gasteiger partial charge in [0, 0.05) is 31.7 Å². The number of anilines is 1. The predicted molar refractivity (Wildman–Crippen MR) is 78.2 cm³/mol. The van der Waals surface area contributed by atoms with Crippen LogP contribution in [0.1, 0.15) is 32.4 Å². The van der Waals surface area contributed by atoms with Gasteiger partial charge < -0.3 is 15.3 Å². The Morgan fingerprint density at radius 2 is 1.79 bits per heavy atom. The van der Waals surface area contributed by atoms with E-state index >= 15 is 0 Å². The molecule has 1 rings (SSSR count). The highest BCUT2D eigenvalue weighted by Crippen LogP contribution is 2.18. The molecule has 19 heavy (non-hydrogen) atoms. The first-order chi connectivity index (χ1) is 8.71. The van der Waals surface area contributed by atoms with E-state index in [9.17, 15) is 9.90 Å². The fraction of sp³-hybridized carbons (Fsp3) is 0.533. The highest BCUT2D eigenvalue weighted by atomic mass is 16.3. The molecule has 1 amide bonds. The molecule has 0 fully saturated rings. The van der Waals surface area contributed by atoms with Crippen molar-refractivity contribution in [2.24, 2.45) is 5.41 Å². The third-order valence-corrected chi connectivity index (χ3v) is 2.93. The predicted octanol–water partition coefficient (Wildman–Crippen LogP) is 1.95. The molecule has 0 radical (unpaired) electrons. The van der Waals surface area contributed by atoms with E-state index in [2.05, 4.69) is 5.32 Å². The lowest BCUT2D eigenvalue weighted by molar-refractivity contribution is -0.128. The van der Waals surface area contributed by atoms with Gasteiger partial charge in [0.15, 0.2) is 0 Å². The van der Waals surface area contributed by atoms with Gasteiger partial charge in [0.2, 0.25) is 5.91 Å². The molecule has 4 heteroatoms. The van der Waals surface area contributed by atoms with Crippen LogP contribution < -0.4 is 10.2 Å². The van der Waals surface area contributed by atoms with Crippen molar-refractivity contribution in [1.82, 2.24) is 5.32 Å². The van der Waals surface area contributed by atoms with Gasteiger partial charge >= 0.3 is 0 Å². The van der Waals surface area contributed by atoms with Crippen molar-refractivity contribution >= 4 is 11.6 Å². The Morgan fingerprint density at radius 1 is 1.26 bits per heavy atom. The maximum atomic E-state index is 11.7. The number of aliphatic hydroxyl groups excluding tert-OH is 1. The minimum atomic E-state index is -0.678. The second-order valence-electron chi connectivity index (χ2n) is 5.96. The van der Waals surface area contributed by atoms with Gasteiger partial charge in [0.25, 0.3) is 0 Å². The summed E-state index contributed by atoms with van der Waals surface area (Å²) in [6.07, 6.45) is -0.678. The summed E-state index contributed by atoms with van der Waals surface area (Å²) in [6, 6.07) is 7.65. The molecule has 0 aromatic heterocycles. The first-order valence-electron chi connectivity index (χ1n) is 6.45. The van der Waals surface area contributed by atoms with E-state index in [1.54, 1.807) is 0 Å². The third kappa shape index (κ3) is 4.56. The molecule has 1 unspecified atom stereocenters. The lowest BCUT2D eigenvalue weighted by Crippen LogP contribution is -2.37. The fourth-order valence-electron chi connectivity index (χ4n) is 1.57. The number of hydrogen-bond donors (Lipinski definition) is 2. The van der Waals surface area contributed by atoms with Gasteiger partial charge in [0.05, 0.1) is 6.10 Å². The number of hydrogen-bond acceptors (Lipinski definition) is 3. The molecule has 106 valence electrons. The molecule has 2 N–H and O–H groups in total. The van der Waals surface area contributed by atoms with Crippen LogP contribution in [-0.2, 0) is 4.79 Å². The maximum absolute atomic E-state index is 11.7. The third-order valence-electron chi connectivity index (χ3n) is 2.93. The number of carbonyl (C=O) groups is 1. The Labute approximate surface area is 115 Å². The molecule has 0 spiro atoms. The van der Waals surface area contributed by atoms with Gasteiger partial charge in [-0.2, -0.15) is 0 Å². The zero-order chi connectivity index (χ0) is 14.6. The van der Waals surface area contributed by atoms with Crippen LogP contribution in [0, 0.1) is 5.41 Å². The molecule has 0 saturated carbocycles. The topological polar surface area (TPSA) is 52.6 Å². The Bertz CT molecular complexity index is 419. The summed E-state index contributed by atoms with van der Waals surface area (Å²) < 4.78 is 0. The average molecular weight is 264 g/mol. The van der Waals surface area contributed by atoms with E-state index in [1.165, 1.54) is 0 Å². The molecule has 1 atom stereocenters. The number of benzene rings is 1. The van der Waals surface area contributed by atoms with E-state index in [4.69, 9.17) is 0 Å². The maximum Gasteiger partial charge on any atom is 0.225 e. The zero-order valence-electron chi connectivity index (χ0n) is 12.4. The lowest BCUT2D eigenvalue weighted by atomic mass is 9.95. The van der Waals surface area contributed by atoms with Crippen LogP contribution in [0.25, 0.3) is 0 Å². The molecule has 0 heterocycles. The summed E-state index contributed by atoms with van der Waals surface area (Å²) in [5.41, 5.74) is 1.45. The lowest BCUT2D eigenvalue weighted by Gasteiger charge is -2.20. The van der Waals surface area contributed by atoms with Crippen LogP contribution in [0.2, 0.25) is 0 Å². The first kappa shape index (κ1) is 15.5. The molecule has 0 aliphatic carbocycles. The van der Waals surface area contributed by atoms with Crippen molar-refractivity contribution in [2.75, 3.05) is 25.5 Å². The minimum absolute atomic E-state index is 0.0588. The van der Waals surface area contributed by atoms with Crippen LogP contribution >= 0.6 is 0 Å². The summed E-state index contributed by atoms with van der Waals surface area (Å²) >= 11 is 0. The van der Waals surface area contributed by atoms with E-state index in [0.717, 1.165) is 11.3 Å². The molecule has 1 aromatic rings. The SMILES string of the molecule is CN(C)c1ccc(C(O)CNC(=O)C(C)(C)C)cc1. The second-order valence-corrected chi connectivity index (χ2v) is 5.96. The van der Waals surface area contributed by atoms with Crippen LogP contribution in [0.15, 0.2) is 24.3 Å². The van der Waals surface area contributed by atoms with Crippen LogP contribution in [0.4, 0.5) is 5.69 Å². The molecule has 0 aliphatic rings. The van der Waals surface area contributed by atoms with Gasteiger partial charge in [-0.15, -0.1) is 0 Å². The van der Waals surface area contributed by atoms with Gasteiger partial charge in [0.1, 0.15) is 0 Å². The molecular formula is C15H24N2O2. The van der Waals surface area contributed by atoms with E-state index in [0.29, 0.717) is 0 Å². The number of carbonyl (C=O) groups excluding carboxylic acids is 1. The largest absolute Gasteiger partial charge is 0.387 e. The number of nitrogens with zero attached hydrogens (tertiary/aromatic N) is 1. The minimum Gasteiger partial charge on any atom is -0.387 e. The van der Waals surface area contributed by atoms with E-state index < -0.39 is 11.5 Å². The van der Waals surface area contributed by atoms with Gasteiger partial charge in [-0.1, -0.05) is 32.9 Å². The van der Waals surface area contributed by atoms with Crippen molar-refractivity contribution in [2.45, 2.75) is 26.9 Å².